The van der Waals surface area contributed by atoms with Gasteiger partial charge >= 0.3 is 0 Å². The first kappa shape index (κ1) is 17.3. The van der Waals surface area contributed by atoms with Gasteiger partial charge in [-0.15, -0.1) is 0 Å². The first-order chi connectivity index (χ1) is 13.0. The van der Waals surface area contributed by atoms with Gasteiger partial charge in [0.2, 0.25) is 10.0 Å². The van der Waals surface area contributed by atoms with Crippen LogP contribution in [0.4, 0.5) is 0 Å². The van der Waals surface area contributed by atoms with Gasteiger partial charge in [0.15, 0.2) is 0 Å². The van der Waals surface area contributed by atoms with Gasteiger partial charge in [0.1, 0.15) is 4.90 Å². The van der Waals surface area contributed by atoms with Crippen LogP contribution in [0.25, 0.3) is 22.2 Å². The molecular weight excluding hydrogens is 362 g/mol. The molecule has 0 unspecified atom stereocenters. The Morgan fingerprint density at radius 2 is 1.81 bits per heavy atom. The van der Waals surface area contributed by atoms with Crippen molar-refractivity contribution >= 4 is 20.9 Å². The number of pyridine rings is 2. The average molecular weight is 379 g/mol. The summed E-state index contributed by atoms with van der Waals surface area (Å²) in [7, 11) is -1.92. The lowest BCUT2D eigenvalue weighted by Crippen LogP contribution is -2.24. The van der Waals surface area contributed by atoms with Gasteiger partial charge in [-0.25, -0.2) is 13.1 Å². The summed E-state index contributed by atoms with van der Waals surface area (Å²) < 4.78 is 30.1. The molecule has 0 spiro atoms. The van der Waals surface area contributed by atoms with E-state index >= 15 is 0 Å². The summed E-state index contributed by atoms with van der Waals surface area (Å²) in [5.41, 5.74) is 2.75. The number of aryl methyl sites for hydroxylation is 1. The number of nitrogens with one attached hydrogen (secondary N) is 1. The minimum Gasteiger partial charge on any atom is -0.275 e. The third-order valence-electron chi connectivity index (χ3n) is 4.21. The standard InChI is InChI=1S/C19H17N5O2S/c1-24-13-16(11-22-24)18-15(7-4-9-20-18)12-23-27(25,26)17-8-2-5-14-6-3-10-21-19(14)17/h2-11,13,23H,12H2,1H3. The molecule has 0 amide bonds. The highest BCUT2D eigenvalue weighted by Crippen LogP contribution is 2.23. The molecule has 0 aliphatic rings. The van der Waals surface area contributed by atoms with Gasteiger partial charge in [0, 0.05) is 43.1 Å². The number of sulfonamides is 1. The molecule has 0 bridgehead atoms. The highest BCUT2D eigenvalue weighted by Gasteiger charge is 2.19. The van der Waals surface area contributed by atoms with Crippen molar-refractivity contribution in [1.82, 2.24) is 24.5 Å². The Labute approximate surface area is 156 Å². The van der Waals surface area contributed by atoms with Gasteiger partial charge in [-0.1, -0.05) is 24.3 Å². The molecule has 8 heteroatoms. The van der Waals surface area contributed by atoms with Crippen molar-refractivity contribution < 1.29 is 8.42 Å². The normalized spacial score (nSPS) is 11.7. The lowest BCUT2D eigenvalue weighted by molar-refractivity contribution is 0.582. The topological polar surface area (TPSA) is 89.8 Å². The lowest BCUT2D eigenvalue weighted by Gasteiger charge is -2.11. The van der Waals surface area contributed by atoms with E-state index in [1.165, 1.54) is 0 Å². The predicted molar refractivity (Wildman–Crippen MR) is 102 cm³/mol. The molecule has 3 heterocycles. The van der Waals surface area contributed by atoms with E-state index in [-0.39, 0.29) is 11.4 Å². The van der Waals surface area contributed by atoms with E-state index < -0.39 is 10.0 Å². The van der Waals surface area contributed by atoms with Crippen LogP contribution in [0.3, 0.4) is 0 Å². The van der Waals surface area contributed by atoms with Crippen molar-refractivity contribution in [2.24, 2.45) is 7.05 Å². The molecule has 7 nitrogen and oxygen atoms in total. The molecule has 1 N–H and O–H groups in total. The number of benzene rings is 1. The molecule has 4 rings (SSSR count). The maximum Gasteiger partial charge on any atom is 0.243 e. The van der Waals surface area contributed by atoms with Crippen LogP contribution in [0.15, 0.2) is 72.1 Å². The minimum atomic E-state index is -3.74. The molecular formula is C19H17N5O2S. The highest BCUT2D eigenvalue weighted by atomic mass is 32.2. The van der Waals surface area contributed by atoms with E-state index in [1.807, 2.05) is 31.4 Å². The van der Waals surface area contributed by atoms with Crippen molar-refractivity contribution in [3.8, 4) is 11.3 Å². The number of hydrogen-bond donors (Lipinski definition) is 1. The number of nitrogens with zero attached hydrogens (tertiary/aromatic N) is 4. The molecule has 0 atom stereocenters. The van der Waals surface area contributed by atoms with Crippen LogP contribution < -0.4 is 4.72 Å². The van der Waals surface area contributed by atoms with Gasteiger partial charge in [-0.05, 0) is 23.8 Å². The first-order valence-electron chi connectivity index (χ1n) is 8.31. The number of rotatable bonds is 5. The monoisotopic (exact) mass is 379 g/mol. The number of fused-ring (bicyclic) bond motifs is 1. The summed E-state index contributed by atoms with van der Waals surface area (Å²) in [6.07, 6.45) is 6.81. The number of hydrogen-bond acceptors (Lipinski definition) is 5. The zero-order valence-corrected chi connectivity index (χ0v) is 15.4. The van der Waals surface area contributed by atoms with Crippen LogP contribution in [0, 0.1) is 0 Å². The zero-order valence-electron chi connectivity index (χ0n) is 14.6. The first-order valence-corrected chi connectivity index (χ1v) is 9.79. The van der Waals surface area contributed by atoms with Gasteiger partial charge < -0.3 is 0 Å². The Bertz CT molecular complexity index is 1210. The predicted octanol–water partition coefficient (Wildman–Crippen LogP) is 2.51. The third kappa shape index (κ3) is 3.44. The van der Waals surface area contributed by atoms with Gasteiger partial charge in [0.05, 0.1) is 17.4 Å². The SMILES string of the molecule is Cn1cc(-c2ncccc2CNS(=O)(=O)c2cccc3cccnc23)cn1. The smallest absolute Gasteiger partial charge is 0.243 e. The van der Waals surface area contributed by atoms with Crippen molar-refractivity contribution in [3.63, 3.8) is 0 Å². The van der Waals surface area contributed by atoms with E-state index in [0.29, 0.717) is 11.2 Å². The average Bonchev–Trinajstić information content (AvgIpc) is 3.12. The molecule has 0 aliphatic heterocycles. The molecule has 136 valence electrons. The molecule has 0 radical (unpaired) electrons. The van der Waals surface area contributed by atoms with E-state index in [0.717, 1.165) is 16.5 Å². The molecule has 4 aromatic rings. The number of para-hydroxylation sites is 1. The summed E-state index contributed by atoms with van der Waals surface area (Å²) >= 11 is 0. The number of aromatic nitrogens is 4. The molecule has 0 saturated heterocycles. The molecule has 1 aromatic carbocycles. The van der Waals surface area contributed by atoms with Crippen LogP contribution in [0.5, 0.6) is 0 Å². The van der Waals surface area contributed by atoms with Gasteiger partial charge in [-0.2, -0.15) is 5.10 Å². The van der Waals surface area contributed by atoms with E-state index in [9.17, 15) is 8.42 Å². The Hall–Kier alpha value is -3.10. The molecule has 27 heavy (non-hydrogen) atoms. The van der Waals surface area contributed by atoms with E-state index in [2.05, 4.69) is 19.8 Å². The van der Waals surface area contributed by atoms with Gasteiger partial charge in [0.25, 0.3) is 0 Å². The van der Waals surface area contributed by atoms with Gasteiger partial charge in [-0.3, -0.25) is 14.6 Å². The maximum atomic E-state index is 12.9. The van der Waals surface area contributed by atoms with Crippen LogP contribution in [0.2, 0.25) is 0 Å². The lowest BCUT2D eigenvalue weighted by atomic mass is 10.1. The summed E-state index contributed by atoms with van der Waals surface area (Å²) in [6, 6.07) is 12.3. The molecule has 0 fully saturated rings. The fourth-order valence-electron chi connectivity index (χ4n) is 2.93. The Kier molecular flexibility index (Phi) is 4.43. The second-order valence-corrected chi connectivity index (χ2v) is 7.81. The zero-order chi connectivity index (χ0) is 18.9. The Balaban J connectivity index is 1.66. The summed E-state index contributed by atoms with van der Waals surface area (Å²) in [6.45, 7) is 0.115. The largest absolute Gasteiger partial charge is 0.275 e. The summed E-state index contributed by atoms with van der Waals surface area (Å²) in [5.74, 6) is 0. The second kappa shape index (κ2) is 6.90. The van der Waals surface area contributed by atoms with Crippen LogP contribution in [0.1, 0.15) is 5.56 Å². The molecule has 0 saturated carbocycles. The highest BCUT2D eigenvalue weighted by molar-refractivity contribution is 7.89. The van der Waals surface area contributed by atoms with Crippen LogP contribution >= 0.6 is 0 Å². The van der Waals surface area contributed by atoms with Crippen LogP contribution in [-0.4, -0.2) is 28.2 Å². The van der Waals surface area contributed by atoms with Crippen molar-refractivity contribution in [2.45, 2.75) is 11.4 Å². The second-order valence-electron chi connectivity index (χ2n) is 6.07. The molecule has 0 aliphatic carbocycles. The minimum absolute atomic E-state index is 0.115. The van der Waals surface area contributed by atoms with Crippen molar-refractivity contribution in [2.75, 3.05) is 0 Å². The quantitative estimate of drug-likeness (QED) is 0.575. The third-order valence-corrected chi connectivity index (χ3v) is 5.64. The van der Waals surface area contributed by atoms with Crippen LogP contribution in [-0.2, 0) is 23.6 Å². The summed E-state index contributed by atoms with van der Waals surface area (Å²) in [5, 5.41) is 4.93. The maximum absolute atomic E-state index is 12.9. The van der Waals surface area contributed by atoms with Crippen molar-refractivity contribution in [1.29, 1.82) is 0 Å². The van der Waals surface area contributed by atoms with E-state index in [1.54, 1.807) is 47.5 Å². The van der Waals surface area contributed by atoms with Crippen molar-refractivity contribution in [3.05, 3.63) is 72.8 Å². The fraction of sp³-hybridized carbons (Fsp3) is 0.105. The Morgan fingerprint density at radius 3 is 2.63 bits per heavy atom. The molecule has 3 aromatic heterocycles. The van der Waals surface area contributed by atoms with E-state index in [4.69, 9.17) is 0 Å². The fourth-order valence-corrected chi connectivity index (χ4v) is 4.11. The Morgan fingerprint density at radius 1 is 1.04 bits per heavy atom. The summed E-state index contributed by atoms with van der Waals surface area (Å²) in [4.78, 5) is 8.77.